The molecule has 0 fully saturated rings. The molecular weight excluding hydrogens is 324 g/mol. The highest BCUT2D eigenvalue weighted by Crippen LogP contribution is 2.30. The second kappa shape index (κ2) is 5.51. The van der Waals surface area contributed by atoms with Crippen molar-refractivity contribution in [3.8, 4) is 0 Å². The first-order chi connectivity index (χ1) is 7.02. The quantitative estimate of drug-likeness (QED) is 0.888. The lowest BCUT2D eigenvalue weighted by Gasteiger charge is -2.13. The summed E-state index contributed by atoms with van der Waals surface area (Å²) in [6, 6.07) is 5.79. The van der Waals surface area contributed by atoms with E-state index in [0.717, 1.165) is 14.6 Å². The fraction of sp³-hybridized carbons (Fsp3) is 0.300. The maximum absolute atomic E-state index is 10.8. The summed E-state index contributed by atoms with van der Waals surface area (Å²) in [5, 5.41) is 3.17. The average Bonchev–Trinajstić information content (AvgIpc) is 2.16. The predicted octanol–water partition coefficient (Wildman–Crippen LogP) is 2.74. The smallest absolute Gasteiger partial charge is 0.222 e. The molecule has 1 atom stereocenters. The van der Waals surface area contributed by atoms with Gasteiger partial charge in [-0.25, -0.2) is 0 Å². The number of benzene rings is 1. The molecule has 0 aromatic heterocycles. The summed E-state index contributed by atoms with van der Waals surface area (Å²) in [6.45, 7) is 2.32. The van der Waals surface area contributed by atoms with Gasteiger partial charge in [-0.3, -0.25) is 4.79 Å². The number of para-hydroxylation sites is 1. The van der Waals surface area contributed by atoms with Crippen LogP contribution < -0.4 is 11.1 Å². The maximum Gasteiger partial charge on any atom is 0.222 e. The van der Waals surface area contributed by atoms with Gasteiger partial charge < -0.3 is 11.1 Å². The van der Waals surface area contributed by atoms with Gasteiger partial charge >= 0.3 is 0 Å². The topological polar surface area (TPSA) is 55.1 Å². The van der Waals surface area contributed by atoms with Gasteiger partial charge in [-0.05, 0) is 44.0 Å². The van der Waals surface area contributed by atoms with Crippen LogP contribution in [0.4, 0.5) is 5.69 Å². The highest BCUT2D eigenvalue weighted by molar-refractivity contribution is 9.11. The van der Waals surface area contributed by atoms with E-state index >= 15 is 0 Å². The molecule has 0 saturated carbocycles. The molecule has 3 N–H and O–H groups in total. The van der Waals surface area contributed by atoms with Crippen LogP contribution in [0.2, 0.25) is 0 Å². The van der Waals surface area contributed by atoms with Crippen LogP contribution in [-0.4, -0.2) is 12.5 Å². The lowest BCUT2D eigenvalue weighted by atomic mass is 10.1. The molecular formula is C10H12Br2N2O. The van der Waals surface area contributed by atoms with E-state index in [4.69, 9.17) is 5.73 Å². The summed E-state index contributed by atoms with van der Waals surface area (Å²) in [6.07, 6.45) is 0. The Hall–Kier alpha value is -0.550. The van der Waals surface area contributed by atoms with Crippen LogP contribution in [0.25, 0.3) is 0 Å². The third-order valence-corrected chi connectivity index (χ3v) is 3.36. The standard InChI is InChI=1S/C10H12Br2N2O/c1-6(10(13)15)5-14-9-7(11)3-2-4-8(9)12/h2-4,6,14H,5H2,1H3,(H2,13,15). The fourth-order valence-corrected chi connectivity index (χ4v) is 2.30. The lowest BCUT2D eigenvalue weighted by molar-refractivity contribution is -0.120. The molecule has 0 aliphatic rings. The van der Waals surface area contributed by atoms with Crippen molar-refractivity contribution in [3.05, 3.63) is 27.1 Å². The number of hydrogen-bond donors (Lipinski definition) is 2. The molecule has 15 heavy (non-hydrogen) atoms. The van der Waals surface area contributed by atoms with Crippen LogP contribution >= 0.6 is 31.9 Å². The third kappa shape index (κ3) is 3.50. The Bertz CT molecular complexity index is 348. The van der Waals surface area contributed by atoms with Gasteiger partial charge in [0.05, 0.1) is 11.6 Å². The fourth-order valence-electron chi connectivity index (χ4n) is 1.02. The van der Waals surface area contributed by atoms with Gasteiger partial charge in [0, 0.05) is 15.5 Å². The zero-order valence-corrected chi connectivity index (χ0v) is 11.4. The van der Waals surface area contributed by atoms with Crippen molar-refractivity contribution in [2.24, 2.45) is 11.7 Å². The van der Waals surface area contributed by atoms with Gasteiger partial charge in [0.2, 0.25) is 5.91 Å². The minimum absolute atomic E-state index is 0.191. The van der Waals surface area contributed by atoms with Crippen molar-refractivity contribution in [2.75, 3.05) is 11.9 Å². The number of carbonyl (C=O) groups is 1. The highest BCUT2D eigenvalue weighted by Gasteiger charge is 2.10. The van der Waals surface area contributed by atoms with E-state index in [2.05, 4.69) is 37.2 Å². The lowest BCUT2D eigenvalue weighted by Crippen LogP contribution is -2.26. The number of nitrogens with one attached hydrogen (secondary N) is 1. The van der Waals surface area contributed by atoms with Gasteiger partial charge in [0.15, 0.2) is 0 Å². The minimum atomic E-state index is -0.300. The highest BCUT2D eigenvalue weighted by atomic mass is 79.9. The van der Waals surface area contributed by atoms with E-state index in [0.29, 0.717) is 6.54 Å². The maximum atomic E-state index is 10.8. The number of halogens is 2. The largest absolute Gasteiger partial charge is 0.382 e. The second-order valence-electron chi connectivity index (χ2n) is 3.28. The molecule has 0 spiro atoms. The van der Waals surface area contributed by atoms with E-state index in [1.165, 1.54) is 0 Å². The number of nitrogens with two attached hydrogens (primary N) is 1. The first kappa shape index (κ1) is 12.5. The monoisotopic (exact) mass is 334 g/mol. The minimum Gasteiger partial charge on any atom is -0.382 e. The van der Waals surface area contributed by atoms with E-state index < -0.39 is 0 Å². The number of primary amides is 1. The molecule has 1 amide bonds. The number of anilines is 1. The molecule has 5 heteroatoms. The van der Waals surface area contributed by atoms with Crippen LogP contribution in [0, 0.1) is 5.92 Å². The Kier molecular flexibility index (Phi) is 4.60. The van der Waals surface area contributed by atoms with Gasteiger partial charge in [0.25, 0.3) is 0 Å². The van der Waals surface area contributed by atoms with Crippen molar-refractivity contribution in [1.82, 2.24) is 0 Å². The van der Waals surface area contributed by atoms with E-state index in [9.17, 15) is 4.79 Å². The zero-order chi connectivity index (χ0) is 11.4. The zero-order valence-electron chi connectivity index (χ0n) is 8.26. The molecule has 0 aliphatic carbocycles. The Morgan fingerprint density at radius 2 is 2.00 bits per heavy atom. The summed E-state index contributed by atoms with van der Waals surface area (Å²) < 4.78 is 1.90. The SMILES string of the molecule is CC(CNc1c(Br)cccc1Br)C(N)=O. The van der Waals surface area contributed by atoms with Crippen LogP contribution in [0.1, 0.15) is 6.92 Å². The van der Waals surface area contributed by atoms with Crippen LogP contribution in [0.5, 0.6) is 0 Å². The molecule has 82 valence electrons. The third-order valence-electron chi connectivity index (χ3n) is 2.03. The molecule has 1 unspecified atom stereocenters. The van der Waals surface area contributed by atoms with Crippen molar-refractivity contribution < 1.29 is 4.79 Å². The van der Waals surface area contributed by atoms with Crippen molar-refractivity contribution in [2.45, 2.75) is 6.92 Å². The molecule has 1 aromatic rings. The molecule has 1 rings (SSSR count). The molecule has 0 bridgehead atoms. The molecule has 3 nitrogen and oxygen atoms in total. The van der Waals surface area contributed by atoms with Crippen molar-refractivity contribution in [1.29, 1.82) is 0 Å². The summed E-state index contributed by atoms with van der Waals surface area (Å²) in [5.41, 5.74) is 6.11. The number of hydrogen-bond acceptors (Lipinski definition) is 2. The first-order valence-corrected chi connectivity index (χ1v) is 6.08. The van der Waals surface area contributed by atoms with Crippen LogP contribution in [0.3, 0.4) is 0 Å². The second-order valence-corrected chi connectivity index (χ2v) is 4.99. The number of carbonyl (C=O) groups excluding carboxylic acids is 1. The van der Waals surface area contributed by atoms with Gasteiger partial charge in [-0.2, -0.15) is 0 Å². The summed E-state index contributed by atoms with van der Waals surface area (Å²) in [5.74, 6) is -0.491. The Labute approximate surface area is 106 Å². The molecule has 0 radical (unpaired) electrons. The molecule has 0 aliphatic heterocycles. The van der Waals surface area contributed by atoms with Crippen molar-refractivity contribution in [3.63, 3.8) is 0 Å². The van der Waals surface area contributed by atoms with Gasteiger partial charge in [-0.15, -0.1) is 0 Å². The molecule has 0 saturated heterocycles. The van der Waals surface area contributed by atoms with Gasteiger partial charge in [0.1, 0.15) is 0 Å². The first-order valence-electron chi connectivity index (χ1n) is 4.49. The molecule has 0 heterocycles. The van der Waals surface area contributed by atoms with Gasteiger partial charge in [-0.1, -0.05) is 13.0 Å². The normalized spacial score (nSPS) is 12.2. The Morgan fingerprint density at radius 1 is 1.47 bits per heavy atom. The van der Waals surface area contributed by atoms with Crippen molar-refractivity contribution >= 4 is 43.5 Å². The summed E-state index contributed by atoms with van der Waals surface area (Å²) in [7, 11) is 0. The average molecular weight is 336 g/mol. The number of rotatable bonds is 4. The number of amides is 1. The van der Waals surface area contributed by atoms with Crippen LogP contribution in [0.15, 0.2) is 27.1 Å². The van der Waals surface area contributed by atoms with E-state index in [1.54, 1.807) is 6.92 Å². The van der Waals surface area contributed by atoms with E-state index in [1.807, 2.05) is 18.2 Å². The summed E-state index contributed by atoms with van der Waals surface area (Å²) >= 11 is 6.85. The summed E-state index contributed by atoms with van der Waals surface area (Å²) in [4.78, 5) is 10.8. The molecule has 1 aromatic carbocycles. The predicted molar refractivity (Wildman–Crippen MR) is 68.7 cm³/mol. The Balaban J connectivity index is 2.69. The van der Waals surface area contributed by atoms with E-state index in [-0.39, 0.29) is 11.8 Å². The Morgan fingerprint density at radius 3 is 2.47 bits per heavy atom. The van der Waals surface area contributed by atoms with Crippen LogP contribution in [-0.2, 0) is 4.79 Å².